The molecule has 0 bridgehead atoms. The average Bonchev–Trinajstić information content (AvgIpc) is 2.27. The van der Waals surface area contributed by atoms with E-state index >= 15 is 0 Å². The maximum Gasteiger partial charge on any atom is 0.270 e. The maximum absolute atomic E-state index is 11.7. The average molecular weight is 223 g/mol. The van der Waals surface area contributed by atoms with Crippen molar-refractivity contribution in [1.82, 2.24) is 10.3 Å². The zero-order valence-corrected chi connectivity index (χ0v) is 9.56. The highest BCUT2D eigenvalue weighted by atomic mass is 16.5. The van der Waals surface area contributed by atoms with Crippen LogP contribution < -0.4 is 11.1 Å². The van der Waals surface area contributed by atoms with Gasteiger partial charge in [-0.05, 0) is 25.5 Å². The summed E-state index contributed by atoms with van der Waals surface area (Å²) in [5.74, 6) is -0.191. The number of nitrogens with two attached hydrogens (primary N) is 1. The van der Waals surface area contributed by atoms with Gasteiger partial charge in [-0.3, -0.25) is 4.79 Å². The lowest BCUT2D eigenvalue weighted by Gasteiger charge is -2.12. The maximum atomic E-state index is 11.7. The molecule has 1 unspecified atom stereocenters. The number of amides is 1. The van der Waals surface area contributed by atoms with E-state index in [1.807, 2.05) is 6.92 Å². The van der Waals surface area contributed by atoms with Crippen molar-refractivity contribution < 1.29 is 9.53 Å². The molecule has 0 saturated heterocycles. The third-order valence-electron chi connectivity index (χ3n) is 2.15. The molecule has 5 nitrogen and oxygen atoms in total. The molecule has 16 heavy (non-hydrogen) atoms. The highest BCUT2D eigenvalue weighted by Crippen LogP contribution is 2.02. The molecule has 1 atom stereocenters. The van der Waals surface area contributed by atoms with Crippen LogP contribution in [-0.4, -0.2) is 30.6 Å². The minimum absolute atomic E-state index is 0.0619. The fourth-order valence-electron chi connectivity index (χ4n) is 1.20. The van der Waals surface area contributed by atoms with Gasteiger partial charge in [0.25, 0.3) is 5.91 Å². The first kappa shape index (κ1) is 12.4. The van der Waals surface area contributed by atoms with Crippen molar-refractivity contribution >= 4 is 11.6 Å². The third-order valence-corrected chi connectivity index (χ3v) is 2.15. The molecular formula is C11H17N3O2. The predicted octanol–water partition coefficient (Wildman–Crippen LogP) is 0.819. The summed E-state index contributed by atoms with van der Waals surface area (Å²) in [6, 6.07) is 3.32. The van der Waals surface area contributed by atoms with Crippen LogP contribution in [0.2, 0.25) is 0 Å². The number of hydrogen-bond acceptors (Lipinski definition) is 4. The molecular weight excluding hydrogens is 206 g/mol. The second kappa shape index (κ2) is 6.07. The SMILES string of the molecule is COCCC(C)NC(=O)c1ccc(N)cn1. The van der Waals surface area contributed by atoms with Gasteiger partial charge in [-0.2, -0.15) is 0 Å². The number of pyridine rings is 1. The lowest BCUT2D eigenvalue weighted by molar-refractivity contribution is 0.0924. The van der Waals surface area contributed by atoms with Crippen LogP contribution in [0.1, 0.15) is 23.8 Å². The molecule has 0 aromatic carbocycles. The van der Waals surface area contributed by atoms with Gasteiger partial charge in [0.05, 0.1) is 11.9 Å². The molecule has 0 aliphatic carbocycles. The number of carbonyl (C=O) groups excluding carboxylic acids is 1. The first-order valence-electron chi connectivity index (χ1n) is 5.15. The summed E-state index contributed by atoms with van der Waals surface area (Å²) < 4.78 is 4.93. The van der Waals surface area contributed by atoms with E-state index in [0.717, 1.165) is 6.42 Å². The normalized spacial score (nSPS) is 12.1. The second-order valence-corrected chi connectivity index (χ2v) is 3.63. The van der Waals surface area contributed by atoms with Crippen LogP contribution in [0.15, 0.2) is 18.3 Å². The van der Waals surface area contributed by atoms with Crippen LogP contribution in [0.25, 0.3) is 0 Å². The largest absolute Gasteiger partial charge is 0.397 e. The van der Waals surface area contributed by atoms with Crippen LogP contribution in [-0.2, 0) is 4.74 Å². The van der Waals surface area contributed by atoms with E-state index in [1.165, 1.54) is 6.20 Å². The summed E-state index contributed by atoms with van der Waals surface area (Å²) in [5.41, 5.74) is 6.40. The number of methoxy groups -OCH3 is 1. The number of rotatable bonds is 5. The number of carbonyl (C=O) groups is 1. The van der Waals surface area contributed by atoms with Gasteiger partial charge in [0.15, 0.2) is 0 Å². The van der Waals surface area contributed by atoms with Crippen LogP contribution in [0, 0.1) is 0 Å². The van der Waals surface area contributed by atoms with Gasteiger partial charge >= 0.3 is 0 Å². The van der Waals surface area contributed by atoms with E-state index in [1.54, 1.807) is 19.2 Å². The van der Waals surface area contributed by atoms with Crippen LogP contribution >= 0.6 is 0 Å². The van der Waals surface area contributed by atoms with E-state index in [2.05, 4.69) is 10.3 Å². The van der Waals surface area contributed by atoms with Gasteiger partial charge < -0.3 is 15.8 Å². The molecule has 1 aromatic rings. The van der Waals surface area contributed by atoms with Gasteiger partial charge in [-0.15, -0.1) is 0 Å². The number of ether oxygens (including phenoxy) is 1. The van der Waals surface area contributed by atoms with Gasteiger partial charge in [0.2, 0.25) is 0 Å². The van der Waals surface area contributed by atoms with E-state index in [4.69, 9.17) is 10.5 Å². The molecule has 0 radical (unpaired) electrons. The Hall–Kier alpha value is -1.62. The van der Waals surface area contributed by atoms with E-state index in [0.29, 0.717) is 18.0 Å². The van der Waals surface area contributed by atoms with Crippen LogP contribution in [0.4, 0.5) is 5.69 Å². The molecule has 1 heterocycles. The minimum Gasteiger partial charge on any atom is -0.397 e. The predicted molar refractivity (Wildman–Crippen MR) is 62.1 cm³/mol. The number of aromatic nitrogens is 1. The number of nitrogen functional groups attached to an aromatic ring is 1. The van der Waals surface area contributed by atoms with Crippen LogP contribution in [0.5, 0.6) is 0 Å². The van der Waals surface area contributed by atoms with Gasteiger partial charge in [0.1, 0.15) is 5.69 Å². The van der Waals surface area contributed by atoms with E-state index in [9.17, 15) is 4.79 Å². The molecule has 0 aliphatic heterocycles. The zero-order chi connectivity index (χ0) is 12.0. The number of hydrogen-bond donors (Lipinski definition) is 2. The quantitative estimate of drug-likeness (QED) is 0.774. The summed E-state index contributed by atoms with van der Waals surface area (Å²) in [4.78, 5) is 15.6. The third kappa shape index (κ3) is 3.86. The van der Waals surface area contributed by atoms with Crippen LogP contribution in [0.3, 0.4) is 0 Å². The Kier molecular flexibility index (Phi) is 4.72. The van der Waals surface area contributed by atoms with Gasteiger partial charge in [-0.25, -0.2) is 4.98 Å². The second-order valence-electron chi connectivity index (χ2n) is 3.63. The Morgan fingerprint density at radius 1 is 1.62 bits per heavy atom. The fourth-order valence-corrected chi connectivity index (χ4v) is 1.20. The highest BCUT2D eigenvalue weighted by molar-refractivity contribution is 5.92. The Balaban J connectivity index is 2.48. The fraction of sp³-hybridized carbons (Fsp3) is 0.455. The zero-order valence-electron chi connectivity index (χ0n) is 9.56. The molecule has 0 fully saturated rings. The smallest absolute Gasteiger partial charge is 0.270 e. The number of anilines is 1. The first-order valence-corrected chi connectivity index (χ1v) is 5.15. The summed E-state index contributed by atoms with van der Waals surface area (Å²) >= 11 is 0. The Labute approximate surface area is 95.0 Å². The Bertz CT molecular complexity index is 338. The monoisotopic (exact) mass is 223 g/mol. The van der Waals surface area contributed by atoms with Crippen molar-refractivity contribution in [3.8, 4) is 0 Å². The van der Waals surface area contributed by atoms with Gasteiger partial charge in [-0.1, -0.05) is 0 Å². The van der Waals surface area contributed by atoms with Crippen molar-refractivity contribution in [3.05, 3.63) is 24.0 Å². The molecule has 0 spiro atoms. The summed E-state index contributed by atoms with van der Waals surface area (Å²) in [5, 5.41) is 2.83. The molecule has 1 rings (SSSR count). The molecule has 0 aliphatic rings. The molecule has 1 amide bonds. The van der Waals surface area contributed by atoms with E-state index < -0.39 is 0 Å². The number of nitrogens with zero attached hydrogens (tertiary/aromatic N) is 1. The number of nitrogens with one attached hydrogen (secondary N) is 1. The van der Waals surface area contributed by atoms with Crippen molar-refractivity contribution in [2.24, 2.45) is 0 Å². The molecule has 5 heteroatoms. The lowest BCUT2D eigenvalue weighted by atomic mass is 10.2. The van der Waals surface area contributed by atoms with Crippen molar-refractivity contribution in [2.45, 2.75) is 19.4 Å². The highest BCUT2D eigenvalue weighted by Gasteiger charge is 2.10. The molecule has 3 N–H and O–H groups in total. The molecule has 88 valence electrons. The minimum atomic E-state index is -0.191. The van der Waals surface area contributed by atoms with Crippen molar-refractivity contribution in [1.29, 1.82) is 0 Å². The topological polar surface area (TPSA) is 77.2 Å². The van der Waals surface area contributed by atoms with E-state index in [-0.39, 0.29) is 11.9 Å². The van der Waals surface area contributed by atoms with Crippen molar-refractivity contribution in [3.63, 3.8) is 0 Å². The first-order chi connectivity index (χ1) is 7.63. The lowest BCUT2D eigenvalue weighted by Crippen LogP contribution is -2.33. The summed E-state index contributed by atoms with van der Waals surface area (Å²) in [6.07, 6.45) is 2.24. The standard InChI is InChI=1S/C11H17N3O2/c1-8(5-6-16-2)14-11(15)10-4-3-9(12)7-13-10/h3-4,7-8H,5-6,12H2,1-2H3,(H,14,15). The Morgan fingerprint density at radius 2 is 2.38 bits per heavy atom. The molecule has 0 saturated carbocycles. The summed E-state index contributed by atoms with van der Waals surface area (Å²) in [6.45, 7) is 2.55. The van der Waals surface area contributed by atoms with Gasteiger partial charge in [0, 0.05) is 19.8 Å². The van der Waals surface area contributed by atoms with Crippen molar-refractivity contribution in [2.75, 3.05) is 19.5 Å². The summed E-state index contributed by atoms with van der Waals surface area (Å²) in [7, 11) is 1.63. The Morgan fingerprint density at radius 3 is 2.94 bits per heavy atom. The molecule has 1 aromatic heterocycles.